The molecule has 0 amide bonds. The van der Waals surface area contributed by atoms with E-state index >= 15 is 0 Å². The topological polar surface area (TPSA) is 97.6 Å². The van der Waals surface area contributed by atoms with Crippen molar-refractivity contribution >= 4 is 17.6 Å². The molecule has 0 unspecified atom stereocenters. The molecule has 5 rings (SSSR count). The molecule has 4 aromatic rings. The number of rotatable bonds is 8. The Morgan fingerprint density at radius 3 is 2.28 bits per heavy atom. The van der Waals surface area contributed by atoms with Crippen molar-refractivity contribution in [3.8, 4) is 5.75 Å². The summed E-state index contributed by atoms with van der Waals surface area (Å²) in [6.07, 6.45) is -0.237. The van der Waals surface area contributed by atoms with Gasteiger partial charge >= 0.3 is 11.9 Å². The van der Waals surface area contributed by atoms with Crippen molar-refractivity contribution in [1.29, 1.82) is 0 Å². The Hall–Kier alpha value is -4.21. The van der Waals surface area contributed by atoms with E-state index < -0.39 is 30.3 Å². The second-order valence-electron chi connectivity index (χ2n) is 9.25. The SMILES string of the molecule is COCCO[C@H]1c2ccn3c(C)c(C)nc3c2O[C@H](c2ccccc2)[C@H]1OC(=O)c1ccc(C(=O)OC)cc1. The lowest BCUT2D eigenvalue weighted by Crippen LogP contribution is -2.40. The van der Waals surface area contributed by atoms with E-state index in [4.69, 9.17) is 28.7 Å². The number of nitrogens with zero attached hydrogens (tertiary/aromatic N) is 2. The van der Waals surface area contributed by atoms with E-state index in [2.05, 4.69) is 0 Å². The van der Waals surface area contributed by atoms with Gasteiger partial charge in [-0.25, -0.2) is 14.6 Å². The van der Waals surface area contributed by atoms with Crippen molar-refractivity contribution in [2.45, 2.75) is 32.2 Å². The van der Waals surface area contributed by atoms with Gasteiger partial charge in [-0.05, 0) is 49.7 Å². The summed E-state index contributed by atoms with van der Waals surface area (Å²) in [5.74, 6) is -0.475. The van der Waals surface area contributed by atoms with Crippen LogP contribution in [0.15, 0.2) is 66.9 Å². The maximum Gasteiger partial charge on any atom is 0.338 e. The highest BCUT2D eigenvalue weighted by molar-refractivity contribution is 5.93. The molecule has 1 aliphatic rings. The first-order chi connectivity index (χ1) is 18.9. The lowest BCUT2D eigenvalue weighted by atomic mass is 9.92. The van der Waals surface area contributed by atoms with Crippen LogP contribution in [0.25, 0.3) is 5.65 Å². The van der Waals surface area contributed by atoms with Gasteiger partial charge in [0.25, 0.3) is 0 Å². The molecule has 1 aliphatic heterocycles. The van der Waals surface area contributed by atoms with Gasteiger partial charge < -0.3 is 28.1 Å². The molecule has 0 saturated heterocycles. The Bertz CT molecular complexity index is 1480. The number of esters is 2. The van der Waals surface area contributed by atoms with E-state index in [1.165, 1.54) is 31.4 Å². The number of carbonyl (C=O) groups excluding carboxylic acids is 2. The Morgan fingerprint density at radius 2 is 1.62 bits per heavy atom. The molecule has 0 fully saturated rings. The van der Waals surface area contributed by atoms with E-state index in [9.17, 15) is 9.59 Å². The number of methoxy groups -OCH3 is 2. The van der Waals surface area contributed by atoms with Crippen LogP contribution in [0.3, 0.4) is 0 Å². The molecular weight excluding hydrogens is 500 g/mol. The lowest BCUT2D eigenvalue weighted by Gasteiger charge is -2.39. The monoisotopic (exact) mass is 530 g/mol. The fourth-order valence-corrected chi connectivity index (χ4v) is 4.72. The fourth-order valence-electron chi connectivity index (χ4n) is 4.72. The molecule has 0 N–H and O–H groups in total. The summed E-state index contributed by atoms with van der Waals surface area (Å²) >= 11 is 0. The summed E-state index contributed by atoms with van der Waals surface area (Å²) in [5, 5.41) is 0. The number of imidazole rings is 1. The highest BCUT2D eigenvalue weighted by Crippen LogP contribution is 2.46. The van der Waals surface area contributed by atoms with Crippen molar-refractivity contribution in [2.24, 2.45) is 0 Å². The number of aryl methyl sites for hydroxylation is 2. The Morgan fingerprint density at radius 1 is 0.923 bits per heavy atom. The molecule has 0 aliphatic carbocycles. The number of ether oxygens (including phenoxy) is 5. The van der Waals surface area contributed by atoms with E-state index in [1.807, 2.05) is 60.8 Å². The zero-order valence-corrected chi connectivity index (χ0v) is 22.2. The average molecular weight is 531 g/mol. The van der Waals surface area contributed by atoms with E-state index in [0.29, 0.717) is 23.6 Å². The van der Waals surface area contributed by atoms with Crippen molar-refractivity contribution in [3.63, 3.8) is 0 Å². The molecule has 0 spiro atoms. The Labute approximate surface area is 226 Å². The standard InChI is InChI=1S/C30H30N2O7/c1-18-19(2)32-15-14-23-25(37-17-16-35-3)27(39-30(34)22-12-10-21(11-13-22)29(33)36-4)24(20-8-6-5-7-9-20)38-26(23)28(32)31-18/h5-15,24-25,27H,16-17H2,1-4H3/t24-,25+,27-/m1/s1. The van der Waals surface area contributed by atoms with Crippen molar-refractivity contribution in [1.82, 2.24) is 9.38 Å². The van der Waals surface area contributed by atoms with Gasteiger partial charge in [-0.3, -0.25) is 0 Å². The van der Waals surface area contributed by atoms with Crippen molar-refractivity contribution < 1.29 is 33.3 Å². The van der Waals surface area contributed by atoms with Crippen molar-refractivity contribution in [3.05, 3.63) is 101 Å². The minimum absolute atomic E-state index is 0.279. The largest absolute Gasteiger partial charge is 0.477 e. The maximum atomic E-state index is 13.4. The molecule has 0 bridgehead atoms. The molecule has 3 atom stereocenters. The zero-order valence-electron chi connectivity index (χ0n) is 22.2. The molecule has 3 heterocycles. The quantitative estimate of drug-likeness (QED) is 0.237. The van der Waals surface area contributed by atoms with Crippen LogP contribution < -0.4 is 4.74 Å². The van der Waals surface area contributed by atoms with Gasteiger partial charge in [0, 0.05) is 24.6 Å². The molecule has 2 aromatic heterocycles. The minimum atomic E-state index is -0.829. The molecule has 9 heteroatoms. The summed E-state index contributed by atoms with van der Waals surface area (Å²) in [4.78, 5) is 30.0. The number of hydrogen-bond acceptors (Lipinski definition) is 8. The number of pyridine rings is 1. The number of aromatic nitrogens is 2. The van der Waals surface area contributed by atoms with Gasteiger partial charge in [-0.15, -0.1) is 0 Å². The van der Waals surface area contributed by atoms with Crippen LogP contribution in [0.5, 0.6) is 5.75 Å². The summed E-state index contributed by atoms with van der Waals surface area (Å²) < 4.78 is 31.0. The van der Waals surface area contributed by atoms with Crippen LogP contribution in [-0.2, 0) is 18.9 Å². The fraction of sp³-hybridized carbons (Fsp3) is 0.300. The minimum Gasteiger partial charge on any atom is -0.477 e. The summed E-state index contributed by atoms with van der Waals surface area (Å²) in [6.45, 7) is 4.60. The van der Waals surface area contributed by atoms with E-state index in [0.717, 1.165) is 22.5 Å². The van der Waals surface area contributed by atoms with Crippen LogP contribution in [0.4, 0.5) is 0 Å². The molecule has 2 aromatic carbocycles. The molecule has 202 valence electrons. The van der Waals surface area contributed by atoms with Crippen LogP contribution in [0, 0.1) is 13.8 Å². The Kier molecular flexibility index (Phi) is 7.63. The first kappa shape index (κ1) is 26.4. The number of fused-ring (bicyclic) bond motifs is 3. The normalized spacial score (nSPS) is 18.3. The predicted octanol–water partition coefficient (Wildman–Crippen LogP) is 4.80. The average Bonchev–Trinajstić information content (AvgIpc) is 3.27. The third kappa shape index (κ3) is 5.10. The molecule has 9 nitrogen and oxygen atoms in total. The molecule has 0 radical (unpaired) electrons. The van der Waals surface area contributed by atoms with Crippen LogP contribution in [-0.4, -0.2) is 54.9 Å². The highest BCUT2D eigenvalue weighted by atomic mass is 16.6. The zero-order chi connectivity index (χ0) is 27.5. The maximum absolute atomic E-state index is 13.4. The van der Waals surface area contributed by atoms with Gasteiger partial charge in [0.2, 0.25) is 0 Å². The number of hydrogen-bond donors (Lipinski definition) is 0. The van der Waals surface area contributed by atoms with Crippen molar-refractivity contribution in [2.75, 3.05) is 27.4 Å². The number of carbonyl (C=O) groups is 2. The molecule has 0 saturated carbocycles. The van der Waals surface area contributed by atoms with Crippen LogP contribution >= 0.6 is 0 Å². The van der Waals surface area contributed by atoms with E-state index in [-0.39, 0.29) is 12.2 Å². The second kappa shape index (κ2) is 11.3. The highest BCUT2D eigenvalue weighted by Gasteiger charge is 2.44. The van der Waals surface area contributed by atoms with Gasteiger partial charge in [-0.2, -0.15) is 0 Å². The van der Waals surface area contributed by atoms with Crippen LogP contribution in [0.1, 0.15) is 55.4 Å². The molecule has 39 heavy (non-hydrogen) atoms. The Balaban J connectivity index is 1.57. The summed E-state index contributed by atoms with van der Waals surface area (Å²) in [5.41, 5.74) is 4.75. The van der Waals surface area contributed by atoms with E-state index in [1.54, 1.807) is 7.11 Å². The first-order valence-electron chi connectivity index (χ1n) is 12.6. The first-order valence-corrected chi connectivity index (χ1v) is 12.6. The predicted molar refractivity (Wildman–Crippen MR) is 142 cm³/mol. The molecular formula is C30H30N2O7. The van der Waals surface area contributed by atoms with Gasteiger partial charge in [-0.1, -0.05) is 30.3 Å². The van der Waals surface area contributed by atoms with Crippen LogP contribution in [0.2, 0.25) is 0 Å². The third-order valence-corrected chi connectivity index (χ3v) is 6.90. The third-order valence-electron chi connectivity index (χ3n) is 6.90. The van der Waals surface area contributed by atoms with Gasteiger partial charge in [0.1, 0.15) is 6.10 Å². The summed E-state index contributed by atoms with van der Waals surface area (Å²) in [7, 11) is 2.90. The summed E-state index contributed by atoms with van der Waals surface area (Å²) in [6, 6.07) is 17.6. The smallest absolute Gasteiger partial charge is 0.338 e. The van der Waals surface area contributed by atoms with Gasteiger partial charge in [0.15, 0.2) is 23.6 Å². The number of benzene rings is 2. The lowest BCUT2D eigenvalue weighted by molar-refractivity contribution is -0.115. The van der Waals surface area contributed by atoms with Gasteiger partial charge in [0.05, 0.1) is 37.1 Å². The second-order valence-corrected chi connectivity index (χ2v) is 9.25.